The molecule has 0 aliphatic carbocycles. The van der Waals surface area contributed by atoms with Crippen LogP contribution in [0, 0.1) is 0 Å². The van der Waals surface area contributed by atoms with Crippen molar-refractivity contribution >= 4 is 34.8 Å². The van der Waals surface area contributed by atoms with Gasteiger partial charge in [-0.1, -0.05) is 65.7 Å². The molecule has 1 aliphatic rings. The van der Waals surface area contributed by atoms with Gasteiger partial charge in [-0.15, -0.1) is 10.2 Å². The van der Waals surface area contributed by atoms with Crippen LogP contribution in [0.4, 0.5) is 0 Å². The van der Waals surface area contributed by atoms with Crippen molar-refractivity contribution in [1.82, 2.24) is 45.1 Å². The molecule has 0 unspecified atom stereocenters. The number of nitrogens with zero attached hydrogens (tertiary/aromatic N) is 6. The Hall–Kier alpha value is -5.14. The predicted molar refractivity (Wildman–Crippen MR) is 197 cm³/mol. The number of methoxy groups -OCH3 is 1. The van der Waals surface area contributed by atoms with Crippen LogP contribution in [-0.4, -0.2) is 61.3 Å². The zero-order valence-electron chi connectivity index (χ0n) is 27.8. The Labute approximate surface area is 303 Å². The van der Waals surface area contributed by atoms with Crippen LogP contribution in [0.25, 0.3) is 39.2 Å². The van der Waals surface area contributed by atoms with Gasteiger partial charge in [0.25, 0.3) is 5.56 Å². The van der Waals surface area contributed by atoms with Crippen LogP contribution >= 0.6 is 23.2 Å². The topological polar surface area (TPSA) is 140 Å². The zero-order chi connectivity index (χ0) is 35.3. The van der Waals surface area contributed by atoms with E-state index in [1.54, 1.807) is 32.2 Å². The average molecular weight is 725 g/mol. The van der Waals surface area contributed by atoms with Gasteiger partial charge in [-0.2, -0.15) is 0 Å². The lowest BCUT2D eigenvalue weighted by molar-refractivity contribution is -0.119. The summed E-state index contributed by atoms with van der Waals surface area (Å²) < 4.78 is 9.04. The summed E-state index contributed by atoms with van der Waals surface area (Å²) in [5.74, 6) is 0.588. The Morgan fingerprint density at radius 1 is 0.902 bits per heavy atom. The van der Waals surface area contributed by atoms with Gasteiger partial charge in [0.1, 0.15) is 18.3 Å². The number of carbonyl (C=O) groups excluding carboxylic acids is 1. The van der Waals surface area contributed by atoms with Crippen molar-refractivity contribution < 1.29 is 9.53 Å². The second-order valence-electron chi connectivity index (χ2n) is 12.2. The van der Waals surface area contributed by atoms with Crippen molar-refractivity contribution in [2.75, 3.05) is 20.2 Å². The molecule has 1 fully saturated rings. The van der Waals surface area contributed by atoms with Gasteiger partial charge in [-0.3, -0.25) is 14.0 Å². The summed E-state index contributed by atoms with van der Waals surface area (Å²) in [5, 5.41) is 18.2. The molecular weight excluding hydrogens is 689 g/mol. The molecule has 4 aromatic heterocycles. The van der Waals surface area contributed by atoms with Gasteiger partial charge in [-0.25, -0.2) is 9.97 Å². The molecule has 3 N–H and O–H groups in total. The number of ether oxygens (including phenoxy) is 1. The van der Waals surface area contributed by atoms with Crippen LogP contribution in [-0.2, 0) is 24.4 Å². The minimum atomic E-state index is -0.139. The molecule has 260 valence electrons. The first-order valence-corrected chi connectivity index (χ1v) is 17.3. The van der Waals surface area contributed by atoms with E-state index >= 15 is 0 Å². The number of halogens is 2. The molecule has 12 nitrogen and oxygen atoms in total. The largest absolute Gasteiger partial charge is 0.481 e. The highest BCUT2D eigenvalue weighted by atomic mass is 35.5. The number of hydrogen-bond acceptors (Lipinski definition) is 9. The van der Waals surface area contributed by atoms with E-state index in [-0.39, 0.29) is 17.5 Å². The highest BCUT2D eigenvalue weighted by Crippen LogP contribution is 2.42. The van der Waals surface area contributed by atoms with Crippen molar-refractivity contribution in [2.45, 2.75) is 38.5 Å². The minimum absolute atomic E-state index is 0.0942. The van der Waals surface area contributed by atoms with Crippen LogP contribution < -0.4 is 26.2 Å². The molecule has 0 radical (unpaired) electrons. The smallest absolute Gasteiger partial charge is 0.262 e. The molecule has 1 atom stereocenters. The second-order valence-corrected chi connectivity index (χ2v) is 13.0. The lowest BCUT2D eigenvalue weighted by atomic mass is 9.97. The summed E-state index contributed by atoms with van der Waals surface area (Å²) >= 11 is 14.2. The maximum atomic E-state index is 13.2. The first kappa shape index (κ1) is 34.3. The normalized spacial score (nSPS) is 14.3. The molecule has 0 bridgehead atoms. The van der Waals surface area contributed by atoms with Crippen LogP contribution in [0.3, 0.4) is 0 Å². The first-order valence-electron chi connectivity index (χ1n) is 16.5. The second kappa shape index (κ2) is 15.4. The summed E-state index contributed by atoms with van der Waals surface area (Å²) in [5.41, 5.74) is 6.33. The number of amides is 1. The number of nitrogens with one attached hydrogen (secondary N) is 3. The molecule has 14 heteroatoms. The number of carbonyl (C=O) groups is 1. The summed E-state index contributed by atoms with van der Waals surface area (Å²) in [6, 6.07) is 19.3. The maximum absolute atomic E-state index is 13.2. The molecular formula is C37H35Cl2N9O3. The molecule has 2 aromatic carbocycles. The number of benzene rings is 2. The molecule has 51 heavy (non-hydrogen) atoms. The molecule has 7 rings (SSSR count). The van der Waals surface area contributed by atoms with E-state index in [0.717, 1.165) is 39.8 Å². The Morgan fingerprint density at radius 2 is 1.63 bits per heavy atom. The fraction of sp³-hybridized carbons (Fsp3) is 0.243. The van der Waals surface area contributed by atoms with Gasteiger partial charge >= 0.3 is 0 Å². The van der Waals surface area contributed by atoms with E-state index in [4.69, 9.17) is 32.9 Å². The van der Waals surface area contributed by atoms with Crippen molar-refractivity contribution in [3.8, 4) is 39.4 Å². The molecule has 1 amide bonds. The summed E-state index contributed by atoms with van der Waals surface area (Å²) in [4.78, 5) is 34.1. The van der Waals surface area contributed by atoms with Crippen LogP contribution in [0.15, 0.2) is 90.5 Å². The zero-order valence-corrected chi connectivity index (χ0v) is 29.3. The fourth-order valence-electron chi connectivity index (χ4n) is 6.21. The highest BCUT2D eigenvalue weighted by molar-refractivity contribution is 6.39. The maximum Gasteiger partial charge on any atom is 0.262 e. The number of aromatic nitrogens is 6. The molecule has 5 heterocycles. The summed E-state index contributed by atoms with van der Waals surface area (Å²) in [6.07, 6.45) is 8.03. The molecule has 6 aromatic rings. The van der Waals surface area contributed by atoms with E-state index < -0.39 is 0 Å². The Bertz CT molecular complexity index is 2260. The lowest BCUT2D eigenvalue weighted by Gasteiger charge is -2.16. The number of hydrogen-bond donors (Lipinski definition) is 3. The quantitative estimate of drug-likeness (QED) is 0.138. The predicted octanol–water partition coefficient (Wildman–Crippen LogP) is 5.16. The standard InChI is InChI=1S/C37H35Cl2N9O3/c1-51-36-24(17-41-20-26-9-11-33(49)45-26)8-10-31(46-36)30-7-3-6-29(35(30)39)28-5-2-4-27(34(28)38)23-12-14-48-32(16-23)42-19-25(37(48)50)18-40-13-15-47-21-43-44-22-47/h2-8,10,12,14,16,19,21-22,26,40-41H,9,11,13,15,17-18,20H2,1H3,(H,45,49)/t26-/m1/s1. The Kier molecular flexibility index (Phi) is 10.4. The number of pyridine rings is 2. The number of rotatable bonds is 13. The monoisotopic (exact) mass is 723 g/mol. The third kappa shape index (κ3) is 7.49. The Balaban J connectivity index is 1.10. The van der Waals surface area contributed by atoms with Crippen molar-refractivity contribution in [3.05, 3.63) is 117 Å². The average Bonchev–Trinajstić information content (AvgIpc) is 3.83. The van der Waals surface area contributed by atoms with Gasteiger partial charge in [0.05, 0.1) is 22.8 Å². The van der Waals surface area contributed by atoms with Gasteiger partial charge in [0, 0.05) is 91.0 Å². The van der Waals surface area contributed by atoms with Crippen LogP contribution in [0.5, 0.6) is 5.88 Å². The molecule has 0 spiro atoms. The molecule has 0 saturated carbocycles. The van der Waals surface area contributed by atoms with Crippen molar-refractivity contribution in [2.24, 2.45) is 0 Å². The van der Waals surface area contributed by atoms with E-state index in [2.05, 4.69) is 31.1 Å². The van der Waals surface area contributed by atoms with E-state index in [0.29, 0.717) is 72.0 Å². The fourth-order valence-corrected chi connectivity index (χ4v) is 6.88. The summed E-state index contributed by atoms with van der Waals surface area (Å²) in [6.45, 7) is 2.94. The van der Waals surface area contributed by atoms with Crippen LogP contribution in [0.2, 0.25) is 10.0 Å². The van der Waals surface area contributed by atoms with Gasteiger partial charge in [-0.05, 0) is 30.2 Å². The third-order valence-electron chi connectivity index (χ3n) is 8.91. The van der Waals surface area contributed by atoms with E-state index in [1.165, 1.54) is 4.40 Å². The first-order chi connectivity index (χ1) is 24.9. The van der Waals surface area contributed by atoms with Gasteiger partial charge in [0.2, 0.25) is 11.8 Å². The van der Waals surface area contributed by atoms with Crippen molar-refractivity contribution in [3.63, 3.8) is 0 Å². The highest BCUT2D eigenvalue weighted by Gasteiger charge is 2.21. The van der Waals surface area contributed by atoms with E-state index in [9.17, 15) is 9.59 Å². The molecule has 1 aliphatic heterocycles. The van der Waals surface area contributed by atoms with E-state index in [1.807, 2.05) is 65.2 Å². The Morgan fingerprint density at radius 3 is 2.37 bits per heavy atom. The SMILES string of the molecule is COc1nc(-c2cccc(-c3cccc(-c4ccn5c(=O)c(CNCCn6cnnc6)cnc5c4)c3Cl)c2Cl)ccc1CNC[C@H]1CCC(=O)N1. The third-order valence-corrected chi connectivity index (χ3v) is 9.72. The van der Waals surface area contributed by atoms with Crippen LogP contribution in [0.1, 0.15) is 24.0 Å². The lowest BCUT2D eigenvalue weighted by Crippen LogP contribution is -2.35. The number of fused-ring (bicyclic) bond motifs is 1. The molecule has 1 saturated heterocycles. The van der Waals surface area contributed by atoms with Gasteiger partial charge in [0.15, 0.2) is 0 Å². The van der Waals surface area contributed by atoms with Gasteiger partial charge < -0.3 is 25.3 Å². The minimum Gasteiger partial charge on any atom is -0.481 e. The van der Waals surface area contributed by atoms with Crippen molar-refractivity contribution in [1.29, 1.82) is 0 Å². The summed E-state index contributed by atoms with van der Waals surface area (Å²) in [7, 11) is 1.59.